The first kappa shape index (κ1) is 16.0. The molecule has 5 heteroatoms. The van der Waals surface area contributed by atoms with Gasteiger partial charge in [0.05, 0.1) is 0 Å². The van der Waals surface area contributed by atoms with Gasteiger partial charge in [-0.25, -0.2) is 0 Å². The minimum absolute atomic E-state index is 0.0505. The lowest BCUT2D eigenvalue weighted by Crippen LogP contribution is -2.44. The summed E-state index contributed by atoms with van der Waals surface area (Å²) in [6.07, 6.45) is 3.05. The van der Waals surface area contributed by atoms with Crippen LogP contribution in [0.15, 0.2) is 24.3 Å². The van der Waals surface area contributed by atoms with Gasteiger partial charge in [0.2, 0.25) is 11.8 Å². The van der Waals surface area contributed by atoms with Crippen LogP contribution in [0.3, 0.4) is 0 Å². The van der Waals surface area contributed by atoms with Gasteiger partial charge in [-0.05, 0) is 37.9 Å². The average molecular weight is 315 g/mol. The van der Waals surface area contributed by atoms with E-state index in [1.165, 1.54) is 5.56 Å². The van der Waals surface area contributed by atoms with Crippen molar-refractivity contribution in [3.8, 4) is 0 Å². The number of hydrogen-bond donors (Lipinski definition) is 1. The Hall–Kier alpha value is -1.88. The minimum atomic E-state index is 0.0505. The molecule has 23 heavy (non-hydrogen) atoms. The molecule has 0 aromatic heterocycles. The number of nitrogens with zero attached hydrogens (tertiary/aromatic N) is 2. The molecule has 2 amide bonds. The van der Waals surface area contributed by atoms with E-state index in [1.54, 1.807) is 0 Å². The third kappa shape index (κ3) is 3.39. The van der Waals surface area contributed by atoms with Gasteiger partial charge in [-0.1, -0.05) is 18.2 Å². The summed E-state index contributed by atoms with van der Waals surface area (Å²) in [4.78, 5) is 28.7. The van der Waals surface area contributed by atoms with E-state index >= 15 is 0 Å². The molecule has 2 aliphatic rings. The Morgan fingerprint density at radius 1 is 1.17 bits per heavy atom. The fraction of sp³-hybridized carbons (Fsp3) is 0.556. The van der Waals surface area contributed by atoms with Crippen molar-refractivity contribution in [2.75, 3.05) is 38.1 Å². The quantitative estimate of drug-likeness (QED) is 0.914. The van der Waals surface area contributed by atoms with Gasteiger partial charge in [-0.15, -0.1) is 0 Å². The van der Waals surface area contributed by atoms with Gasteiger partial charge < -0.3 is 15.1 Å². The number of amides is 2. The molecule has 0 aliphatic carbocycles. The molecular weight excluding hydrogens is 290 g/mol. The second-order valence-corrected chi connectivity index (χ2v) is 6.38. The number of likely N-dealkylation sites (tertiary alicyclic amines) is 1. The van der Waals surface area contributed by atoms with Crippen LogP contribution in [0.2, 0.25) is 0 Å². The van der Waals surface area contributed by atoms with Crippen LogP contribution < -0.4 is 10.2 Å². The monoisotopic (exact) mass is 315 g/mol. The number of nitrogens with one attached hydrogen (secondary N) is 1. The molecule has 1 aromatic carbocycles. The van der Waals surface area contributed by atoms with E-state index in [0.717, 1.165) is 31.5 Å². The van der Waals surface area contributed by atoms with Crippen LogP contribution in [0.25, 0.3) is 0 Å². The maximum Gasteiger partial charge on any atom is 0.230 e. The van der Waals surface area contributed by atoms with Crippen LogP contribution in [0.5, 0.6) is 0 Å². The van der Waals surface area contributed by atoms with Gasteiger partial charge in [0.15, 0.2) is 0 Å². The zero-order valence-electron chi connectivity index (χ0n) is 13.8. The number of carbonyl (C=O) groups excluding carboxylic acids is 2. The van der Waals surface area contributed by atoms with Crippen molar-refractivity contribution in [1.29, 1.82) is 0 Å². The molecular formula is C18H25N3O2. The first-order valence-electron chi connectivity index (χ1n) is 8.52. The molecule has 3 rings (SSSR count). The van der Waals surface area contributed by atoms with E-state index in [2.05, 4.69) is 11.4 Å². The molecule has 0 unspecified atom stereocenters. The number of carbonyl (C=O) groups is 2. The Morgan fingerprint density at radius 3 is 2.65 bits per heavy atom. The summed E-state index contributed by atoms with van der Waals surface area (Å²) < 4.78 is 0. The lowest BCUT2D eigenvalue weighted by atomic mass is 9.95. The number of para-hydroxylation sites is 1. The molecule has 2 aliphatic heterocycles. The molecule has 0 bridgehead atoms. The highest BCUT2D eigenvalue weighted by atomic mass is 16.2. The predicted octanol–water partition coefficient (Wildman–Crippen LogP) is 1.42. The van der Waals surface area contributed by atoms with Crippen LogP contribution in [0, 0.1) is 5.92 Å². The van der Waals surface area contributed by atoms with Gasteiger partial charge >= 0.3 is 0 Å². The summed E-state index contributed by atoms with van der Waals surface area (Å²) >= 11 is 0. The third-order valence-electron chi connectivity index (χ3n) is 4.94. The average Bonchev–Trinajstić information content (AvgIpc) is 3.03. The van der Waals surface area contributed by atoms with Gasteiger partial charge in [0, 0.05) is 44.2 Å². The minimum Gasteiger partial charge on any atom is -0.343 e. The number of benzene rings is 1. The van der Waals surface area contributed by atoms with E-state index in [4.69, 9.17) is 0 Å². The standard InChI is InChI=1S/C18H25N3O2/c1-19-10-6-17(22)20-11-7-15(8-12-20)18(23)21-13-9-14-4-2-3-5-16(14)21/h2-5,15,19H,6-13H2,1H3. The van der Waals surface area contributed by atoms with Crippen LogP contribution in [-0.4, -0.2) is 49.9 Å². The van der Waals surface area contributed by atoms with E-state index in [-0.39, 0.29) is 17.7 Å². The smallest absolute Gasteiger partial charge is 0.230 e. The summed E-state index contributed by atoms with van der Waals surface area (Å²) in [5.74, 6) is 0.476. The summed E-state index contributed by atoms with van der Waals surface area (Å²) in [7, 11) is 1.85. The Kier molecular flexibility index (Phi) is 4.96. The van der Waals surface area contributed by atoms with Crippen molar-refractivity contribution < 1.29 is 9.59 Å². The van der Waals surface area contributed by atoms with Crippen molar-refractivity contribution in [2.45, 2.75) is 25.7 Å². The number of hydrogen-bond acceptors (Lipinski definition) is 3. The molecule has 124 valence electrons. The van der Waals surface area contributed by atoms with Gasteiger partial charge in [-0.2, -0.15) is 0 Å². The molecule has 0 saturated carbocycles. The zero-order valence-corrected chi connectivity index (χ0v) is 13.8. The van der Waals surface area contributed by atoms with E-state index in [1.807, 2.05) is 35.0 Å². The number of fused-ring (bicyclic) bond motifs is 1. The summed E-state index contributed by atoms with van der Waals surface area (Å²) in [5, 5.41) is 3.00. The number of rotatable bonds is 4. The Bertz CT molecular complexity index is 579. The largest absolute Gasteiger partial charge is 0.343 e. The molecule has 2 heterocycles. The van der Waals surface area contributed by atoms with Crippen molar-refractivity contribution in [1.82, 2.24) is 10.2 Å². The summed E-state index contributed by atoms with van der Waals surface area (Å²) in [6.45, 7) is 2.91. The molecule has 0 radical (unpaired) electrons. The highest BCUT2D eigenvalue weighted by molar-refractivity contribution is 5.97. The zero-order chi connectivity index (χ0) is 16.2. The third-order valence-corrected chi connectivity index (χ3v) is 4.94. The summed E-state index contributed by atoms with van der Waals surface area (Å²) in [6, 6.07) is 8.16. The molecule has 0 atom stereocenters. The lowest BCUT2D eigenvalue weighted by molar-refractivity contribution is -0.134. The molecule has 1 N–H and O–H groups in total. The van der Waals surface area contributed by atoms with E-state index < -0.39 is 0 Å². The molecule has 0 spiro atoms. The van der Waals surface area contributed by atoms with Gasteiger partial charge in [-0.3, -0.25) is 9.59 Å². The van der Waals surface area contributed by atoms with Crippen molar-refractivity contribution >= 4 is 17.5 Å². The second kappa shape index (κ2) is 7.13. The van der Waals surface area contributed by atoms with Gasteiger partial charge in [0.25, 0.3) is 0 Å². The maximum absolute atomic E-state index is 12.8. The lowest BCUT2D eigenvalue weighted by Gasteiger charge is -2.33. The maximum atomic E-state index is 12.8. The number of anilines is 1. The van der Waals surface area contributed by atoms with Crippen molar-refractivity contribution in [3.05, 3.63) is 29.8 Å². The van der Waals surface area contributed by atoms with Crippen LogP contribution in [0.4, 0.5) is 5.69 Å². The fourth-order valence-corrected chi connectivity index (χ4v) is 3.55. The highest BCUT2D eigenvalue weighted by Crippen LogP contribution is 2.31. The van der Waals surface area contributed by atoms with E-state index in [0.29, 0.717) is 26.1 Å². The molecule has 1 aromatic rings. The fourth-order valence-electron chi connectivity index (χ4n) is 3.55. The molecule has 5 nitrogen and oxygen atoms in total. The van der Waals surface area contributed by atoms with Gasteiger partial charge in [0.1, 0.15) is 0 Å². The highest BCUT2D eigenvalue weighted by Gasteiger charge is 2.33. The predicted molar refractivity (Wildman–Crippen MR) is 90.3 cm³/mol. The topological polar surface area (TPSA) is 52.7 Å². The SMILES string of the molecule is CNCCC(=O)N1CCC(C(=O)N2CCc3ccccc32)CC1. The molecule has 1 fully saturated rings. The van der Waals surface area contributed by atoms with Crippen LogP contribution >= 0.6 is 0 Å². The Labute approximate surface area is 137 Å². The number of piperidine rings is 1. The van der Waals surface area contributed by atoms with Crippen LogP contribution in [0.1, 0.15) is 24.8 Å². The van der Waals surface area contributed by atoms with Crippen LogP contribution in [-0.2, 0) is 16.0 Å². The van der Waals surface area contributed by atoms with Crippen molar-refractivity contribution in [2.24, 2.45) is 5.92 Å². The Balaban J connectivity index is 1.56. The normalized spacial score (nSPS) is 18.1. The molecule has 1 saturated heterocycles. The van der Waals surface area contributed by atoms with E-state index in [9.17, 15) is 9.59 Å². The Morgan fingerprint density at radius 2 is 1.91 bits per heavy atom. The first-order chi connectivity index (χ1) is 11.2. The summed E-state index contributed by atoms with van der Waals surface area (Å²) in [5.41, 5.74) is 2.34. The first-order valence-corrected chi connectivity index (χ1v) is 8.52. The van der Waals surface area contributed by atoms with Crippen molar-refractivity contribution in [3.63, 3.8) is 0 Å². The second-order valence-electron chi connectivity index (χ2n) is 6.38.